The van der Waals surface area contributed by atoms with Gasteiger partial charge < -0.3 is 16.0 Å². The highest BCUT2D eigenvalue weighted by atomic mass is 16.2. The fraction of sp³-hybridized carbons (Fsp3) is 0.385. The van der Waals surface area contributed by atoms with Crippen LogP contribution < -0.4 is 11.1 Å². The summed E-state index contributed by atoms with van der Waals surface area (Å²) in [7, 11) is 0. The van der Waals surface area contributed by atoms with Crippen LogP contribution in [0.5, 0.6) is 0 Å². The van der Waals surface area contributed by atoms with Crippen LogP contribution in [0.3, 0.4) is 0 Å². The number of carbonyl (C=O) groups excluding carboxylic acids is 2. The van der Waals surface area contributed by atoms with Crippen LogP contribution in [0.1, 0.15) is 23.2 Å². The smallest absolute Gasteiger partial charge is 0.257 e. The predicted octanol–water partition coefficient (Wildman–Crippen LogP) is 0.776. The standard InChI is InChI=1S/C13H15N3O2/c14-11(17)9-5-3-7-16-12(9)15-10-6-2-1-4-8(10)13(16)18/h1-2,4,6,9,12,15H,3,5,7H2,(H2,14,17)/t9-,12+/m0/s1. The molecule has 0 saturated carbocycles. The van der Waals surface area contributed by atoms with E-state index in [-0.39, 0.29) is 23.9 Å². The van der Waals surface area contributed by atoms with E-state index >= 15 is 0 Å². The Kier molecular flexibility index (Phi) is 2.47. The van der Waals surface area contributed by atoms with E-state index in [0.717, 1.165) is 18.5 Å². The third-order valence-electron chi connectivity index (χ3n) is 3.72. The van der Waals surface area contributed by atoms with Gasteiger partial charge in [-0.25, -0.2) is 0 Å². The minimum Gasteiger partial charge on any atom is -0.369 e. The predicted molar refractivity (Wildman–Crippen MR) is 66.8 cm³/mol. The Morgan fingerprint density at radius 3 is 2.94 bits per heavy atom. The van der Waals surface area contributed by atoms with Crippen molar-refractivity contribution in [2.45, 2.75) is 19.0 Å². The lowest BCUT2D eigenvalue weighted by Crippen LogP contribution is -2.58. The molecule has 1 saturated heterocycles. The largest absolute Gasteiger partial charge is 0.369 e. The third-order valence-corrected chi connectivity index (χ3v) is 3.72. The van der Waals surface area contributed by atoms with Gasteiger partial charge in [0.05, 0.1) is 11.5 Å². The van der Waals surface area contributed by atoms with E-state index in [1.165, 1.54) is 0 Å². The Labute approximate surface area is 105 Å². The second-order valence-corrected chi connectivity index (χ2v) is 4.78. The van der Waals surface area contributed by atoms with E-state index in [1.54, 1.807) is 11.0 Å². The maximum Gasteiger partial charge on any atom is 0.257 e. The van der Waals surface area contributed by atoms with Gasteiger partial charge in [0.2, 0.25) is 5.91 Å². The lowest BCUT2D eigenvalue weighted by molar-refractivity contribution is -0.124. The van der Waals surface area contributed by atoms with Gasteiger partial charge in [0, 0.05) is 12.2 Å². The normalized spacial score (nSPS) is 26.0. The van der Waals surface area contributed by atoms with Crippen LogP contribution in [-0.2, 0) is 4.79 Å². The molecule has 1 aromatic rings. The molecule has 2 atom stereocenters. The van der Waals surface area contributed by atoms with Crippen LogP contribution in [0.25, 0.3) is 0 Å². The maximum absolute atomic E-state index is 12.4. The fourth-order valence-electron chi connectivity index (χ4n) is 2.81. The molecule has 2 heterocycles. The first-order chi connectivity index (χ1) is 8.68. The Balaban J connectivity index is 2.01. The summed E-state index contributed by atoms with van der Waals surface area (Å²) in [6, 6.07) is 7.37. The number of nitrogens with one attached hydrogen (secondary N) is 1. The highest BCUT2D eigenvalue weighted by Crippen LogP contribution is 2.32. The minimum atomic E-state index is -0.343. The Bertz CT molecular complexity index is 515. The molecule has 0 spiro atoms. The van der Waals surface area contributed by atoms with E-state index in [0.29, 0.717) is 12.1 Å². The van der Waals surface area contributed by atoms with Crippen LogP contribution in [0.4, 0.5) is 5.69 Å². The van der Waals surface area contributed by atoms with Crippen molar-refractivity contribution in [2.24, 2.45) is 11.7 Å². The molecule has 0 radical (unpaired) electrons. The molecule has 0 bridgehead atoms. The van der Waals surface area contributed by atoms with Crippen molar-refractivity contribution in [3.8, 4) is 0 Å². The summed E-state index contributed by atoms with van der Waals surface area (Å²) >= 11 is 0. The molecular formula is C13H15N3O2. The average molecular weight is 245 g/mol. The fourth-order valence-corrected chi connectivity index (χ4v) is 2.81. The van der Waals surface area contributed by atoms with Crippen molar-refractivity contribution in [2.75, 3.05) is 11.9 Å². The van der Waals surface area contributed by atoms with E-state index in [1.807, 2.05) is 18.2 Å². The topological polar surface area (TPSA) is 75.4 Å². The van der Waals surface area contributed by atoms with E-state index in [4.69, 9.17) is 5.73 Å². The summed E-state index contributed by atoms with van der Waals surface area (Å²) in [6.07, 6.45) is 1.26. The first-order valence-corrected chi connectivity index (χ1v) is 6.14. The van der Waals surface area contributed by atoms with Crippen molar-refractivity contribution in [3.05, 3.63) is 29.8 Å². The zero-order chi connectivity index (χ0) is 12.7. The average Bonchev–Trinajstić information content (AvgIpc) is 2.38. The van der Waals surface area contributed by atoms with Crippen LogP contribution >= 0.6 is 0 Å². The highest BCUT2D eigenvalue weighted by molar-refractivity contribution is 6.02. The first kappa shape index (κ1) is 11.1. The number of hydrogen-bond acceptors (Lipinski definition) is 3. The number of amides is 2. The van der Waals surface area contributed by atoms with Gasteiger partial charge in [-0.05, 0) is 25.0 Å². The van der Waals surface area contributed by atoms with Gasteiger partial charge in [0.25, 0.3) is 5.91 Å². The quantitative estimate of drug-likeness (QED) is 0.767. The number of primary amides is 1. The zero-order valence-corrected chi connectivity index (χ0v) is 9.93. The van der Waals surface area contributed by atoms with Gasteiger partial charge in [0.15, 0.2) is 0 Å². The molecule has 5 heteroatoms. The summed E-state index contributed by atoms with van der Waals surface area (Å²) in [5.41, 5.74) is 6.88. The molecule has 1 aromatic carbocycles. The molecule has 3 rings (SSSR count). The van der Waals surface area contributed by atoms with Crippen LogP contribution in [0.15, 0.2) is 24.3 Å². The van der Waals surface area contributed by atoms with Gasteiger partial charge in [-0.15, -0.1) is 0 Å². The monoisotopic (exact) mass is 245 g/mol. The van der Waals surface area contributed by atoms with Crippen molar-refractivity contribution >= 4 is 17.5 Å². The Morgan fingerprint density at radius 1 is 1.39 bits per heavy atom. The van der Waals surface area contributed by atoms with Crippen molar-refractivity contribution in [1.82, 2.24) is 4.90 Å². The molecule has 5 nitrogen and oxygen atoms in total. The molecule has 0 aliphatic carbocycles. The Morgan fingerprint density at radius 2 is 2.17 bits per heavy atom. The number of carbonyl (C=O) groups is 2. The summed E-state index contributed by atoms with van der Waals surface area (Å²) < 4.78 is 0. The van der Waals surface area contributed by atoms with Crippen molar-refractivity contribution in [1.29, 1.82) is 0 Å². The van der Waals surface area contributed by atoms with Crippen LogP contribution in [-0.4, -0.2) is 29.4 Å². The van der Waals surface area contributed by atoms with Gasteiger partial charge in [-0.1, -0.05) is 12.1 Å². The van der Waals surface area contributed by atoms with Gasteiger partial charge in [-0.2, -0.15) is 0 Å². The van der Waals surface area contributed by atoms with Gasteiger partial charge in [-0.3, -0.25) is 9.59 Å². The first-order valence-electron chi connectivity index (χ1n) is 6.14. The summed E-state index contributed by atoms with van der Waals surface area (Å²) in [4.78, 5) is 25.5. The molecule has 1 fully saturated rings. The van der Waals surface area contributed by atoms with Crippen molar-refractivity contribution < 1.29 is 9.59 Å². The number of piperidine rings is 1. The lowest BCUT2D eigenvalue weighted by Gasteiger charge is -2.44. The molecule has 18 heavy (non-hydrogen) atoms. The summed E-state index contributed by atoms with van der Waals surface area (Å²) in [6.45, 7) is 0.675. The van der Waals surface area contributed by atoms with Crippen LogP contribution in [0, 0.1) is 5.92 Å². The SMILES string of the molecule is NC(=O)[C@@H]1CCCN2C(=O)c3ccccc3N[C@@H]12. The van der Waals surface area contributed by atoms with Gasteiger partial charge >= 0.3 is 0 Å². The number of hydrogen-bond donors (Lipinski definition) is 2. The maximum atomic E-state index is 12.4. The number of anilines is 1. The zero-order valence-electron chi connectivity index (χ0n) is 9.93. The number of rotatable bonds is 1. The van der Waals surface area contributed by atoms with Crippen molar-refractivity contribution in [3.63, 3.8) is 0 Å². The van der Waals surface area contributed by atoms with Crippen LogP contribution in [0.2, 0.25) is 0 Å². The number of fused-ring (bicyclic) bond motifs is 2. The van der Waals surface area contributed by atoms with E-state index < -0.39 is 0 Å². The van der Waals surface area contributed by atoms with E-state index in [9.17, 15) is 9.59 Å². The third kappa shape index (κ3) is 1.54. The number of benzene rings is 1. The summed E-state index contributed by atoms with van der Waals surface area (Å²) in [5, 5.41) is 3.26. The molecule has 2 aliphatic heterocycles. The molecule has 94 valence electrons. The second kappa shape index (κ2) is 4.01. The number of nitrogens with zero attached hydrogens (tertiary/aromatic N) is 1. The number of nitrogens with two attached hydrogens (primary N) is 1. The molecular weight excluding hydrogens is 230 g/mol. The minimum absolute atomic E-state index is 0.0136. The summed E-state index contributed by atoms with van der Waals surface area (Å²) in [5.74, 6) is -0.666. The highest BCUT2D eigenvalue weighted by Gasteiger charge is 2.41. The lowest BCUT2D eigenvalue weighted by atomic mass is 9.90. The number of para-hydroxylation sites is 1. The molecule has 0 aromatic heterocycles. The molecule has 3 N–H and O–H groups in total. The molecule has 0 unspecified atom stereocenters. The van der Waals surface area contributed by atoms with Gasteiger partial charge in [0.1, 0.15) is 6.17 Å². The molecule has 2 amide bonds. The Hall–Kier alpha value is -2.04. The second-order valence-electron chi connectivity index (χ2n) is 4.78. The van der Waals surface area contributed by atoms with E-state index in [2.05, 4.69) is 5.32 Å². The molecule has 2 aliphatic rings.